The number of aromatic nitrogens is 2. The molecular formula is C48H37N3. The van der Waals surface area contributed by atoms with Gasteiger partial charge in [-0.1, -0.05) is 133 Å². The van der Waals surface area contributed by atoms with Crippen molar-refractivity contribution in [3.8, 4) is 27.9 Å². The highest BCUT2D eigenvalue weighted by molar-refractivity contribution is 6.09. The minimum atomic E-state index is 0.0994. The summed E-state index contributed by atoms with van der Waals surface area (Å²) >= 11 is 0. The van der Waals surface area contributed by atoms with Crippen LogP contribution in [0.15, 0.2) is 176 Å². The molecule has 0 radical (unpaired) electrons. The van der Waals surface area contributed by atoms with Gasteiger partial charge in [-0.25, -0.2) is 0 Å². The Morgan fingerprint density at radius 3 is 2.00 bits per heavy atom. The lowest BCUT2D eigenvalue weighted by Gasteiger charge is -2.21. The summed E-state index contributed by atoms with van der Waals surface area (Å²) in [4.78, 5) is 4.46. The van der Waals surface area contributed by atoms with Gasteiger partial charge in [0.2, 0.25) is 0 Å². The van der Waals surface area contributed by atoms with Gasteiger partial charge in [-0.15, -0.1) is 0 Å². The lowest BCUT2D eigenvalue weighted by atomic mass is 9.83. The van der Waals surface area contributed by atoms with Crippen LogP contribution in [0, 0.1) is 5.92 Å². The van der Waals surface area contributed by atoms with Crippen molar-refractivity contribution in [1.82, 2.24) is 9.55 Å². The van der Waals surface area contributed by atoms with Gasteiger partial charge in [0.05, 0.1) is 11.0 Å². The van der Waals surface area contributed by atoms with Crippen LogP contribution in [0.5, 0.6) is 0 Å². The smallest absolute Gasteiger partial charge is 0.0571 e. The molecule has 0 saturated carbocycles. The minimum Gasteiger partial charge on any atom is -0.402 e. The topological polar surface area (TPSA) is 43.8 Å². The summed E-state index contributed by atoms with van der Waals surface area (Å²) in [7, 11) is 0. The summed E-state index contributed by atoms with van der Waals surface area (Å²) in [5.41, 5.74) is 17.5. The van der Waals surface area contributed by atoms with Crippen molar-refractivity contribution >= 4 is 44.7 Å². The maximum Gasteiger partial charge on any atom is 0.0571 e. The van der Waals surface area contributed by atoms with Gasteiger partial charge in [0, 0.05) is 40.5 Å². The average molecular weight is 656 g/mol. The highest BCUT2D eigenvalue weighted by atomic mass is 15.0. The fraction of sp³-hybridized carbons (Fsp3) is 0.0625. The van der Waals surface area contributed by atoms with Gasteiger partial charge in [-0.3, -0.25) is 4.98 Å². The Morgan fingerprint density at radius 1 is 0.667 bits per heavy atom. The van der Waals surface area contributed by atoms with E-state index in [2.05, 4.69) is 179 Å². The first-order valence-electron chi connectivity index (χ1n) is 17.7. The Hall–Kier alpha value is -6.45. The van der Waals surface area contributed by atoms with E-state index in [1.165, 1.54) is 59.9 Å². The van der Waals surface area contributed by atoms with Gasteiger partial charge in [0.1, 0.15) is 0 Å². The summed E-state index contributed by atoms with van der Waals surface area (Å²) in [6.07, 6.45) is 16.7. The van der Waals surface area contributed by atoms with Crippen LogP contribution in [0.25, 0.3) is 72.7 Å². The minimum absolute atomic E-state index is 0.0994. The van der Waals surface area contributed by atoms with Gasteiger partial charge in [-0.2, -0.15) is 0 Å². The quantitative estimate of drug-likeness (QED) is 0.174. The normalized spacial score (nSPS) is 14.5. The molecule has 6 aromatic carbocycles. The third kappa shape index (κ3) is 5.53. The molecule has 9 rings (SSSR count). The molecule has 1 atom stereocenters. The van der Waals surface area contributed by atoms with Gasteiger partial charge in [0.15, 0.2) is 0 Å². The molecule has 51 heavy (non-hydrogen) atoms. The van der Waals surface area contributed by atoms with Crippen molar-refractivity contribution in [2.75, 3.05) is 0 Å². The van der Waals surface area contributed by atoms with E-state index in [0.717, 1.165) is 35.1 Å². The number of fused-ring (bicyclic) bond motifs is 5. The highest BCUT2D eigenvalue weighted by Crippen LogP contribution is 2.34. The summed E-state index contributed by atoms with van der Waals surface area (Å²) < 4.78 is 2.32. The first kappa shape index (κ1) is 30.6. The van der Waals surface area contributed by atoms with E-state index < -0.39 is 0 Å². The second kappa shape index (κ2) is 13.1. The molecule has 0 saturated heterocycles. The maximum absolute atomic E-state index is 6.88. The van der Waals surface area contributed by atoms with E-state index in [4.69, 9.17) is 5.73 Å². The lowest BCUT2D eigenvalue weighted by molar-refractivity contribution is 0.817. The van der Waals surface area contributed by atoms with Crippen molar-refractivity contribution in [3.05, 3.63) is 192 Å². The van der Waals surface area contributed by atoms with E-state index in [-0.39, 0.29) is 5.92 Å². The number of nitrogens with two attached hydrogens (primary N) is 1. The molecule has 1 unspecified atom stereocenters. The standard InChI is InChI=1S/C48H37N3/c49-44(23-13-10-14-33-24-27-45-41(30-33)43-32-50-29-28-46(43)51(45)37-19-8-3-9-20-37)36-25-26-40-42(31-36)48(35-17-6-2-7-18-35)39-22-12-11-21-38(39)47(40)34-15-4-1-5-16-34/h1-13,15-24,26-32,36H,14,25,49H2/b13-10-,44-23-. The third-order valence-corrected chi connectivity index (χ3v) is 10.2. The first-order valence-corrected chi connectivity index (χ1v) is 17.7. The fourth-order valence-corrected chi connectivity index (χ4v) is 7.84. The van der Waals surface area contributed by atoms with E-state index in [1.807, 2.05) is 12.4 Å². The Balaban J connectivity index is 1.07. The van der Waals surface area contributed by atoms with Crippen LogP contribution in [-0.2, 0) is 6.42 Å². The van der Waals surface area contributed by atoms with E-state index in [0.29, 0.717) is 0 Å². The van der Waals surface area contributed by atoms with Crippen molar-refractivity contribution in [3.63, 3.8) is 0 Å². The number of allylic oxidation sites excluding steroid dienone is 4. The van der Waals surface area contributed by atoms with E-state index >= 15 is 0 Å². The van der Waals surface area contributed by atoms with Crippen LogP contribution >= 0.6 is 0 Å². The molecule has 0 aliphatic heterocycles. The van der Waals surface area contributed by atoms with Gasteiger partial charge < -0.3 is 10.3 Å². The molecule has 0 spiro atoms. The number of para-hydroxylation sites is 1. The number of benzene rings is 6. The molecule has 3 heteroatoms. The Morgan fingerprint density at radius 2 is 1.29 bits per heavy atom. The number of pyridine rings is 1. The van der Waals surface area contributed by atoms with Crippen molar-refractivity contribution in [1.29, 1.82) is 0 Å². The SMILES string of the molecule is N/C(=C\C=C/Cc1ccc2c(c1)c1cnccc1n2-c1ccccc1)C1C=c2c(-c3ccccc3)c3ccccc3c(-c3ccccc3)c2=CC1. The molecule has 3 nitrogen and oxygen atoms in total. The molecule has 2 N–H and O–H groups in total. The predicted octanol–water partition coefficient (Wildman–Crippen LogP) is 9.89. The molecule has 244 valence electrons. The van der Waals surface area contributed by atoms with Crippen LogP contribution in [0.3, 0.4) is 0 Å². The van der Waals surface area contributed by atoms with Crippen molar-refractivity contribution in [2.45, 2.75) is 12.8 Å². The van der Waals surface area contributed by atoms with Crippen LogP contribution in [-0.4, -0.2) is 9.55 Å². The Bertz CT molecular complexity index is 2740. The second-order valence-corrected chi connectivity index (χ2v) is 13.3. The molecule has 8 aromatic rings. The summed E-state index contributed by atoms with van der Waals surface area (Å²) in [6, 6.07) is 49.8. The molecule has 2 heterocycles. The Kier molecular flexibility index (Phi) is 7.87. The first-order chi connectivity index (χ1) is 25.2. The molecule has 0 bridgehead atoms. The summed E-state index contributed by atoms with van der Waals surface area (Å²) in [6.45, 7) is 0. The maximum atomic E-state index is 6.88. The van der Waals surface area contributed by atoms with Crippen molar-refractivity contribution < 1.29 is 0 Å². The van der Waals surface area contributed by atoms with E-state index in [9.17, 15) is 0 Å². The fourth-order valence-electron chi connectivity index (χ4n) is 7.84. The Labute approximate surface area is 297 Å². The third-order valence-electron chi connectivity index (χ3n) is 10.2. The van der Waals surface area contributed by atoms with Crippen LogP contribution in [0.2, 0.25) is 0 Å². The molecule has 1 aliphatic carbocycles. The molecule has 2 aromatic heterocycles. The number of hydrogen-bond donors (Lipinski definition) is 1. The monoisotopic (exact) mass is 655 g/mol. The lowest BCUT2D eigenvalue weighted by Crippen LogP contribution is -2.34. The van der Waals surface area contributed by atoms with Gasteiger partial charge >= 0.3 is 0 Å². The number of hydrogen-bond acceptors (Lipinski definition) is 2. The summed E-state index contributed by atoms with van der Waals surface area (Å²) in [5, 5.41) is 7.45. The molecular weight excluding hydrogens is 619 g/mol. The molecule has 0 fully saturated rings. The molecule has 0 amide bonds. The predicted molar refractivity (Wildman–Crippen MR) is 215 cm³/mol. The van der Waals surface area contributed by atoms with Gasteiger partial charge in [0.25, 0.3) is 0 Å². The average Bonchev–Trinajstić information content (AvgIpc) is 3.53. The number of nitrogens with zero attached hydrogens (tertiary/aromatic N) is 2. The highest BCUT2D eigenvalue weighted by Gasteiger charge is 2.19. The van der Waals surface area contributed by atoms with Crippen LogP contribution in [0.4, 0.5) is 0 Å². The van der Waals surface area contributed by atoms with Gasteiger partial charge in [-0.05, 0) is 98.3 Å². The summed E-state index contributed by atoms with van der Waals surface area (Å²) in [5.74, 6) is 0.0994. The largest absolute Gasteiger partial charge is 0.402 e. The molecule has 1 aliphatic rings. The van der Waals surface area contributed by atoms with E-state index in [1.54, 1.807) is 0 Å². The zero-order chi connectivity index (χ0) is 34.1. The number of rotatable bonds is 7. The zero-order valence-electron chi connectivity index (χ0n) is 28.3. The van der Waals surface area contributed by atoms with Crippen LogP contribution < -0.4 is 16.2 Å². The second-order valence-electron chi connectivity index (χ2n) is 13.3. The van der Waals surface area contributed by atoms with Crippen molar-refractivity contribution in [2.24, 2.45) is 11.7 Å². The van der Waals surface area contributed by atoms with Crippen LogP contribution in [0.1, 0.15) is 12.0 Å². The zero-order valence-corrected chi connectivity index (χ0v) is 28.3.